The van der Waals surface area contributed by atoms with Crippen LogP contribution in [0.3, 0.4) is 0 Å². The number of halogens is 2. The van der Waals surface area contributed by atoms with Crippen LogP contribution in [0.2, 0.25) is 10.0 Å². The Kier molecular flexibility index (Phi) is 8.03. The molecule has 2 aromatic carbocycles. The fraction of sp³-hybridized carbons (Fsp3) is 0.158. The number of carbonyl (C=O) groups is 1. The van der Waals surface area contributed by atoms with E-state index in [0.29, 0.717) is 38.0 Å². The number of hydrogen-bond donors (Lipinski definition) is 3. The molecule has 3 rings (SSSR count). The summed E-state index contributed by atoms with van der Waals surface area (Å²) in [7, 11) is 3.06. The van der Waals surface area contributed by atoms with Crippen molar-refractivity contribution < 1.29 is 14.3 Å². The van der Waals surface area contributed by atoms with Gasteiger partial charge in [0.15, 0.2) is 11.5 Å². The molecule has 1 heterocycles. The van der Waals surface area contributed by atoms with Crippen LogP contribution in [0.15, 0.2) is 46.7 Å². The maximum atomic E-state index is 12.3. The smallest absolute Gasteiger partial charge is 0.264 e. The highest BCUT2D eigenvalue weighted by atomic mass is 35.5. The third kappa shape index (κ3) is 5.96. The zero-order valence-corrected chi connectivity index (χ0v) is 19.3. The number of nitrogens with one attached hydrogen (secondary N) is 2. The molecule has 10 nitrogen and oxygen atoms in total. The van der Waals surface area contributed by atoms with Gasteiger partial charge in [-0.2, -0.15) is 5.10 Å². The fourth-order valence-electron chi connectivity index (χ4n) is 2.46. The molecule has 1 aromatic heterocycles. The first kappa shape index (κ1) is 23.5. The second-order valence-electron chi connectivity index (χ2n) is 6.12. The summed E-state index contributed by atoms with van der Waals surface area (Å²) in [4.78, 5) is 12.3. The number of ether oxygens (including phenoxy) is 2. The molecule has 0 saturated heterocycles. The lowest BCUT2D eigenvalue weighted by atomic mass is 10.2. The van der Waals surface area contributed by atoms with Crippen molar-refractivity contribution in [1.82, 2.24) is 14.9 Å². The summed E-state index contributed by atoms with van der Waals surface area (Å²) >= 11 is 13.1. The lowest BCUT2D eigenvalue weighted by molar-refractivity contribution is -0.113. The summed E-state index contributed by atoms with van der Waals surface area (Å²) in [6.07, 6.45) is 1.50. The van der Waals surface area contributed by atoms with Crippen molar-refractivity contribution in [2.75, 3.05) is 36.6 Å². The molecule has 0 radical (unpaired) electrons. The van der Waals surface area contributed by atoms with E-state index in [2.05, 4.69) is 26.0 Å². The number of aromatic nitrogens is 3. The molecule has 168 valence electrons. The van der Waals surface area contributed by atoms with Crippen LogP contribution in [-0.4, -0.2) is 47.0 Å². The molecule has 0 fully saturated rings. The van der Waals surface area contributed by atoms with Crippen LogP contribution in [0.1, 0.15) is 5.56 Å². The minimum absolute atomic E-state index is 0.0628. The van der Waals surface area contributed by atoms with Crippen molar-refractivity contribution in [3.63, 3.8) is 0 Å². The number of amides is 1. The molecule has 0 atom stereocenters. The first-order valence-electron chi connectivity index (χ1n) is 9.00. The van der Waals surface area contributed by atoms with Gasteiger partial charge in [0.05, 0.1) is 31.2 Å². The highest BCUT2D eigenvalue weighted by Crippen LogP contribution is 2.30. The molecule has 0 saturated carbocycles. The van der Waals surface area contributed by atoms with Gasteiger partial charge in [0.2, 0.25) is 11.1 Å². The SMILES string of the molecule is COc1ccc(NC(=O)CSc2nnc(N/N=C/c3ccc(Cl)cc3Cl)n2N)cc1OC. The van der Waals surface area contributed by atoms with Gasteiger partial charge in [0.25, 0.3) is 5.95 Å². The minimum Gasteiger partial charge on any atom is -0.493 e. The van der Waals surface area contributed by atoms with Gasteiger partial charge in [-0.15, -0.1) is 10.2 Å². The van der Waals surface area contributed by atoms with Gasteiger partial charge >= 0.3 is 0 Å². The number of methoxy groups -OCH3 is 2. The number of nitrogens with zero attached hydrogens (tertiary/aromatic N) is 4. The Hall–Kier alpha value is -3.15. The van der Waals surface area contributed by atoms with Crippen LogP contribution >= 0.6 is 35.0 Å². The molecule has 1 amide bonds. The largest absolute Gasteiger partial charge is 0.493 e. The number of anilines is 2. The molecule has 0 unspecified atom stereocenters. The summed E-state index contributed by atoms with van der Waals surface area (Å²) in [5.41, 5.74) is 3.91. The van der Waals surface area contributed by atoms with Crippen molar-refractivity contribution in [3.05, 3.63) is 52.0 Å². The van der Waals surface area contributed by atoms with E-state index in [1.54, 1.807) is 36.4 Å². The number of nitrogen functional groups attached to an aromatic ring is 1. The number of benzene rings is 2. The molecule has 0 aliphatic heterocycles. The Balaban J connectivity index is 1.55. The molecule has 32 heavy (non-hydrogen) atoms. The third-order valence-corrected chi connectivity index (χ3v) is 5.50. The Bertz CT molecular complexity index is 1140. The molecule has 3 aromatic rings. The van der Waals surface area contributed by atoms with E-state index in [9.17, 15) is 4.79 Å². The van der Waals surface area contributed by atoms with E-state index in [0.717, 1.165) is 11.8 Å². The lowest BCUT2D eigenvalue weighted by Crippen LogP contribution is -2.17. The standard InChI is InChI=1S/C19H19Cl2N7O3S/c1-30-15-6-5-13(8-16(15)31-2)24-17(29)10-32-19-27-26-18(28(19)22)25-23-9-11-3-4-12(20)7-14(11)21/h3-9H,10,22H2,1-2H3,(H,24,29)(H,25,26)/b23-9+. The zero-order valence-electron chi connectivity index (χ0n) is 17.0. The number of hydrazone groups is 1. The number of nitrogens with two attached hydrogens (primary N) is 1. The van der Waals surface area contributed by atoms with E-state index in [1.165, 1.54) is 25.1 Å². The molecule has 0 aliphatic carbocycles. The van der Waals surface area contributed by atoms with Crippen LogP contribution in [0.5, 0.6) is 11.5 Å². The number of hydrogen-bond acceptors (Lipinski definition) is 9. The Morgan fingerprint density at radius 1 is 1.19 bits per heavy atom. The average Bonchev–Trinajstić information content (AvgIpc) is 3.13. The van der Waals surface area contributed by atoms with Crippen LogP contribution in [-0.2, 0) is 4.79 Å². The lowest BCUT2D eigenvalue weighted by Gasteiger charge is -2.10. The summed E-state index contributed by atoms with van der Waals surface area (Å²) in [5.74, 6) is 7.04. The van der Waals surface area contributed by atoms with Gasteiger partial charge in [-0.25, -0.2) is 10.1 Å². The van der Waals surface area contributed by atoms with E-state index in [4.69, 9.17) is 38.5 Å². The predicted molar refractivity (Wildman–Crippen MR) is 127 cm³/mol. The summed E-state index contributed by atoms with van der Waals surface area (Å²) in [6.45, 7) is 0. The molecule has 0 aliphatic rings. The van der Waals surface area contributed by atoms with Gasteiger partial charge in [0, 0.05) is 22.3 Å². The van der Waals surface area contributed by atoms with Gasteiger partial charge in [-0.05, 0) is 24.3 Å². The second-order valence-corrected chi connectivity index (χ2v) is 7.90. The Labute approximate surface area is 198 Å². The highest BCUT2D eigenvalue weighted by molar-refractivity contribution is 7.99. The van der Waals surface area contributed by atoms with Crippen LogP contribution in [0, 0.1) is 0 Å². The Morgan fingerprint density at radius 2 is 1.97 bits per heavy atom. The Morgan fingerprint density at radius 3 is 2.69 bits per heavy atom. The zero-order chi connectivity index (χ0) is 23.1. The fourth-order valence-corrected chi connectivity index (χ4v) is 3.57. The molecular weight excluding hydrogens is 477 g/mol. The average molecular weight is 496 g/mol. The van der Waals surface area contributed by atoms with Gasteiger partial charge in [-0.1, -0.05) is 41.0 Å². The summed E-state index contributed by atoms with van der Waals surface area (Å²) < 4.78 is 11.6. The maximum Gasteiger partial charge on any atom is 0.264 e. The predicted octanol–water partition coefficient (Wildman–Crippen LogP) is 3.49. The van der Waals surface area contributed by atoms with E-state index in [-0.39, 0.29) is 17.6 Å². The molecular formula is C19H19Cl2N7O3S. The van der Waals surface area contributed by atoms with Crippen molar-refractivity contribution in [1.29, 1.82) is 0 Å². The number of carbonyl (C=O) groups excluding carboxylic acids is 1. The minimum atomic E-state index is -0.255. The van der Waals surface area contributed by atoms with Gasteiger partial charge in [0.1, 0.15) is 0 Å². The van der Waals surface area contributed by atoms with E-state index < -0.39 is 0 Å². The first-order valence-corrected chi connectivity index (χ1v) is 10.7. The topological polar surface area (TPSA) is 129 Å². The maximum absolute atomic E-state index is 12.3. The van der Waals surface area contributed by atoms with E-state index >= 15 is 0 Å². The molecule has 13 heteroatoms. The quantitative estimate of drug-likeness (QED) is 0.178. The van der Waals surface area contributed by atoms with Crippen molar-refractivity contribution in [2.45, 2.75) is 5.16 Å². The summed E-state index contributed by atoms with van der Waals surface area (Å²) in [5, 5.41) is 16.0. The van der Waals surface area contributed by atoms with Gasteiger partial charge in [-0.3, -0.25) is 4.79 Å². The molecule has 0 spiro atoms. The van der Waals surface area contributed by atoms with Crippen LogP contribution < -0.4 is 26.1 Å². The van der Waals surface area contributed by atoms with Crippen molar-refractivity contribution in [3.8, 4) is 11.5 Å². The number of rotatable bonds is 9. The van der Waals surface area contributed by atoms with Crippen LogP contribution in [0.25, 0.3) is 0 Å². The van der Waals surface area contributed by atoms with Crippen LogP contribution in [0.4, 0.5) is 11.6 Å². The molecule has 0 bridgehead atoms. The third-order valence-electron chi connectivity index (χ3n) is 3.99. The van der Waals surface area contributed by atoms with E-state index in [1.807, 2.05) is 0 Å². The van der Waals surface area contributed by atoms with Crippen molar-refractivity contribution in [2.24, 2.45) is 5.10 Å². The monoisotopic (exact) mass is 495 g/mol. The first-order chi connectivity index (χ1) is 15.4. The van der Waals surface area contributed by atoms with Crippen molar-refractivity contribution >= 4 is 58.7 Å². The van der Waals surface area contributed by atoms with Gasteiger partial charge < -0.3 is 20.6 Å². The highest BCUT2D eigenvalue weighted by Gasteiger charge is 2.13. The number of thioether (sulfide) groups is 1. The second kappa shape index (κ2) is 10.9. The molecule has 4 N–H and O–H groups in total. The summed E-state index contributed by atoms with van der Waals surface area (Å²) in [6, 6.07) is 10.1. The normalized spacial score (nSPS) is 10.9.